The molecular formula is C11H15Cl3Ti. The molecule has 0 N–H and O–H groups in total. The molecule has 0 radical (unpaired) electrons. The van der Waals surface area contributed by atoms with Crippen LogP contribution in [0.25, 0.3) is 0 Å². The molecule has 0 nitrogen and oxygen atoms in total. The molecule has 2 rings (SSSR count). The van der Waals surface area contributed by atoms with Crippen LogP contribution in [-0.2, 0) is 20.4 Å². The van der Waals surface area contributed by atoms with Gasteiger partial charge >= 0.3 is 86.5 Å². The van der Waals surface area contributed by atoms with E-state index in [-0.39, 0.29) is 37.2 Å². The van der Waals surface area contributed by atoms with Gasteiger partial charge in [0.25, 0.3) is 0 Å². The standard InChI is InChI=1S/C11H15.3ClH.Ti/c1-8-7-10-5-3-4-6-11(10)9(8)2;;;;/h9H,3-6H2,1-2H3;3*1H;/q;;;;+3/p-3. The predicted octanol–water partition coefficient (Wildman–Crippen LogP) is -5.66. The van der Waals surface area contributed by atoms with Crippen LogP contribution in [0.4, 0.5) is 0 Å². The van der Waals surface area contributed by atoms with Gasteiger partial charge in [-0.1, -0.05) is 0 Å². The summed E-state index contributed by atoms with van der Waals surface area (Å²) in [5.41, 5.74) is 5.10. The molecule has 0 aliphatic heterocycles. The van der Waals surface area contributed by atoms with Crippen LogP contribution in [-0.4, -0.2) is 0 Å². The van der Waals surface area contributed by atoms with E-state index in [9.17, 15) is 0 Å². The van der Waals surface area contributed by atoms with Gasteiger partial charge in [0.15, 0.2) is 0 Å². The van der Waals surface area contributed by atoms with E-state index in [1.54, 1.807) is 20.6 Å². The van der Waals surface area contributed by atoms with Crippen LogP contribution in [0, 0.1) is 5.92 Å². The average molecular weight is 301 g/mol. The smallest absolute Gasteiger partial charge is 1.00 e. The maximum Gasteiger partial charge on any atom is -1.00 e. The zero-order valence-electron chi connectivity index (χ0n) is 9.04. The van der Waals surface area contributed by atoms with E-state index in [4.69, 9.17) is 0 Å². The van der Waals surface area contributed by atoms with Gasteiger partial charge in [0.1, 0.15) is 0 Å². The zero-order valence-corrected chi connectivity index (χ0v) is 12.9. The summed E-state index contributed by atoms with van der Waals surface area (Å²) in [5, 5.41) is 0. The van der Waals surface area contributed by atoms with Gasteiger partial charge in [-0.2, -0.15) is 0 Å². The van der Waals surface area contributed by atoms with E-state index in [2.05, 4.69) is 34.3 Å². The summed E-state index contributed by atoms with van der Waals surface area (Å²) in [6.45, 7) is 4.67. The maximum atomic E-state index is 2.37. The Labute approximate surface area is 123 Å². The predicted molar refractivity (Wildman–Crippen MR) is 47.4 cm³/mol. The molecule has 0 amide bonds. The Bertz CT molecular complexity index is 282. The number of halogens is 3. The van der Waals surface area contributed by atoms with Crippen LogP contribution in [0.2, 0.25) is 0 Å². The molecule has 1 atom stereocenters. The van der Waals surface area contributed by atoms with Gasteiger partial charge in [-0.15, -0.1) is 0 Å². The first-order chi connectivity index (χ1) is 5.72. The minimum Gasteiger partial charge on any atom is -1.00 e. The van der Waals surface area contributed by atoms with Crippen molar-refractivity contribution in [3.05, 3.63) is 20.6 Å². The molecule has 0 aromatic rings. The Kier molecular flexibility index (Phi) is 9.09. The van der Waals surface area contributed by atoms with Crippen LogP contribution in [0.5, 0.6) is 0 Å². The Hall–Kier alpha value is 1.06. The third-order valence-corrected chi connectivity index (χ3v) is 4.47. The molecule has 0 spiro atoms. The van der Waals surface area contributed by atoms with Gasteiger partial charge in [0, 0.05) is 0 Å². The Morgan fingerprint density at radius 1 is 1.07 bits per heavy atom. The van der Waals surface area contributed by atoms with Crippen molar-refractivity contribution in [3.8, 4) is 0 Å². The molecule has 84 valence electrons. The molecule has 0 saturated carbocycles. The molecule has 0 aromatic heterocycles. The minimum atomic E-state index is 0. The van der Waals surface area contributed by atoms with E-state index in [0.29, 0.717) is 0 Å². The Morgan fingerprint density at radius 2 is 1.60 bits per heavy atom. The largest absolute Gasteiger partial charge is 1.00 e. The van der Waals surface area contributed by atoms with Gasteiger partial charge in [0.2, 0.25) is 0 Å². The number of hydrogen-bond donors (Lipinski definition) is 0. The zero-order chi connectivity index (χ0) is 8.72. The fourth-order valence-electron chi connectivity index (χ4n) is 2.41. The SMILES string of the molecule is CC1=[C]([Ti+3])C2=C(CCCC2)C1C.[Cl-].[Cl-].[Cl-]. The summed E-state index contributed by atoms with van der Waals surface area (Å²) < 4.78 is 1.61. The van der Waals surface area contributed by atoms with Crippen LogP contribution < -0.4 is 37.2 Å². The Balaban J connectivity index is 0. The van der Waals surface area contributed by atoms with Gasteiger partial charge in [-0.3, -0.25) is 0 Å². The van der Waals surface area contributed by atoms with Crippen molar-refractivity contribution < 1.29 is 57.7 Å². The topological polar surface area (TPSA) is 0 Å². The molecule has 0 heterocycles. The molecular weight excluding hydrogens is 286 g/mol. The Morgan fingerprint density at radius 3 is 2.13 bits per heavy atom. The van der Waals surface area contributed by atoms with Crippen LogP contribution in [0.1, 0.15) is 39.5 Å². The molecule has 1 unspecified atom stereocenters. The number of allylic oxidation sites excluding steroid dienone is 4. The van der Waals surface area contributed by atoms with E-state index < -0.39 is 0 Å². The van der Waals surface area contributed by atoms with E-state index >= 15 is 0 Å². The minimum absolute atomic E-state index is 0. The normalized spacial score (nSPS) is 23.9. The van der Waals surface area contributed by atoms with Crippen molar-refractivity contribution in [1.29, 1.82) is 0 Å². The van der Waals surface area contributed by atoms with E-state index in [0.717, 1.165) is 5.92 Å². The quantitative estimate of drug-likeness (QED) is 0.391. The van der Waals surface area contributed by atoms with Crippen molar-refractivity contribution >= 4 is 0 Å². The van der Waals surface area contributed by atoms with Crippen LogP contribution in [0.3, 0.4) is 0 Å². The number of rotatable bonds is 0. The summed E-state index contributed by atoms with van der Waals surface area (Å²) in [7, 11) is 0. The van der Waals surface area contributed by atoms with Gasteiger partial charge < -0.3 is 37.2 Å². The summed E-state index contributed by atoms with van der Waals surface area (Å²) in [6.07, 6.45) is 5.55. The van der Waals surface area contributed by atoms with Crippen LogP contribution >= 0.6 is 0 Å². The summed E-state index contributed by atoms with van der Waals surface area (Å²) in [5.74, 6) is 0.764. The fourth-order valence-corrected chi connectivity index (χ4v) is 3.19. The molecule has 0 bridgehead atoms. The van der Waals surface area contributed by atoms with Gasteiger partial charge in [-0.25, -0.2) is 0 Å². The summed E-state index contributed by atoms with van der Waals surface area (Å²) in [4.78, 5) is 0. The molecule has 0 aromatic carbocycles. The molecule has 4 heteroatoms. The number of hydrogen-bond acceptors (Lipinski definition) is 0. The van der Waals surface area contributed by atoms with Crippen molar-refractivity contribution in [1.82, 2.24) is 0 Å². The van der Waals surface area contributed by atoms with Crippen molar-refractivity contribution in [3.63, 3.8) is 0 Å². The maximum absolute atomic E-state index is 2.37. The van der Waals surface area contributed by atoms with Crippen molar-refractivity contribution in [2.24, 2.45) is 5.92 Å². The van der Waals surface area contributed by atoms with Crippen molar-refractivity contribution in [2.75, 3.05) is 0 Å². The van der Waals surface area contributed by atoms with Crippen LogP contribution in [0.15, 0.2) is 20.6 Å². The monoisotopic (exact) mass is 300 g/mol. The molecule has 0 saturated heterocycles. The third kappa shape index (κ3) is 3.26. The first kappa shape index (κ1) is 18.4. The second-order valence-electron chi connectivity index (χ2n) is 3.99. The second kappa shape index (κ2) is 7.40. The summed E-state index contributed by atoms with van der Waals surface area (Å²) >= 11 is 2.31. The third-order valence-electron chi connectivity index (χ3n) is 3.38. The fraction of sp³-hybridized carbons (Fsp3) is 0.636. The molecule has 0 fully saturated rings. The summed E-state index contributed by atoms with van der Waals surface area (Å²) in [6, 6.07) is 0. The average Bonchev–Trinajstić information content (AvgIpc) is 2.33. The second-order valence-corrected chi connectivity index (χ2v) is 4.77. The first-order valence-electron chi connectivity index (χ1n) is 4.86. The molecule has 2 aliphatic carbocycles. The van der Waals surface area contributed by atoms with Gasteiger partial charge in [0.05, 0.1) is 0 Å². The van der Waals surface area contributed by atoms with E-state index in [1.807, 2.05) is 0 Å². The van der Waals surface area contributed by atoms with Crippen molar-refractivity contribution in [2.45, 2.75) is 39.5 Å². The molecule has 2 aliphatic rings. The van der Waals surface area contributed by atoms with Gasteiger partial charge in [-0.05, 0) is 0 Å². The van der Waals surface area contributed by atoms with E-state index in [1.165, 1.54) is 25.7 Å². The first-order valence-corrected chi connectivity index (χ1v) is 5.64. The molecule has 15 heavy (non-hydrogen) atoms.